The number of fused-ring (bicyclic) bond motifs is 2. The average molecular weight is 383 g/mol. The van der Waals surface area contributed by atoms with E-state index < -0.39 is 0 Å². The van der Waals surface area contributed by atoms with E-state index in [4.69, 9.17) is 15.0 Å². The van der Waals surface area contributed by atoms with Gasteiger partial charge in [-0.3, -0.25) is 4.40 Å². The number of nitrogens with zero attached hydrogens (tertiary/aromatic N) is 5. The largest absolute Gasteiger partial charge is 0.479 e. The van der Waals surface area contributed by atoms with E-state index in [1.165, 1.54) is 0 Å². The quantitative estimate of drug-likeness (QED) is 0.457. The van der Waals surface area contributed by atoms with Gasteiger partial charge in [0, 0.05) is 11.1 Å². The van der Waals surface area contributed by atoms with Crippen molar-refractivity contribution >= 4 is 27.1 Å². The molecule has 0 atom stereocenters. The molecule has 134 valence electrons. The second-order valence-corrected chi connectivity index (χ2v) is 7.08. The Bertz CT molecular complexity index is 1360. The van der Waals surface area contributed by atoms with Gasteiger partial charge in [0.15, 0.2) is 0 Å². The molecule has 0 bridgehead atoms. The van der Waals surface area contributed by atoms with Crippen molar-refractivity contribution in [3.63, 3.8) is 0 Å². The van der Waals surface area contributed by atoms with Crippen LogP contribution in [0.2, 0.25) is 0 Å². The van der Waals surface area contributed by atoms with E-state index >= 15 is 0 Å². The van der Waals surface area contributed by atoms with Gasteiger partial charge in [0.2, 0.25) is 5.88 Å². The summed E-state index contributed by atoms with van der Waals surface area (Å²) < 4.78 is 8.62. The Labute approximate surface area is 164 Å². The van der Waals surface area contributed by atoms with Gasteiger partial charge in [-0.05, 0) is 24.3 Å². The van der Waals surface area contributed by atoms with Crippen LogP contribution in [0.4, 0.5) is 0 Å². The predicted molar refractivity (Wildman–Crippen MR) is 108 cm³/mol. The highest BCUT2D eigenvalue weighted by atomic mass is 32.1. The molecule has 0 radical (unpaired) electrons. The highest BCUT2D eigenvalue weighted by Gasteiger charge is 2.18. The minimum absolute atomic E-state index is 0.496. The molecule has 5 rings (SSSR count). The van der Waals surface area contributed by atoms with Crippen molar-refractivity contribution in [2.75, 3.05) is 7.11 Å². The Hall–Kier alpha value is -3.76. The van der Waals surface area contributed by atoms with Crippen LogP contribution in [0.5, 0.6) is 5.88 Å². The van der Waals surface area contributed by atoms with E-state index in [0.717, 1.165) is 38.2 Å². The highest BCUT2D eigenvalue weighted by molar-refractivity contribution is 7.16. The molecule has 0 saturated carbocycles. The molecule has 3 heterocycles. The molecule has 2 aromatic carbocycles. The molecule has 0 aliphatic heterocycles. The van der Waals surface area contributed by atoms with E-state index in [0.29, 0.717) is 11.4 Å². The van der Waals surface area contributed by atoms with Gasteiger partial charge in [0.1, 0.15) is 5.52 Å². The fraction of sp³-hybridized carbons (Fsp3) is 0.0476. The first-order valence-electron chi connectivity index (χ1n) is 8.52. The molecule has 7 heteroatoms. The standard InChI is InChI=1S/C21H13N5OS/c1-27-21-17-10-23-11-26(17)20(15-6-7-18-16(8-15)24-12-28-18)19(25-21)14-4-2-13(9-22)3-5-14/h2-8,10-12H,1H3. The maximum absolute atomic E-state index is 9.10. The zero-order valence-electron chi connectivity index (χ0n) is 14.8. The Morgan fingerprint density at radius 2 is 1.93 bits per heavy atom. The van der Waals surface area contributed by atoms with Crippen molar-refractivity contribution in [1.82, 2.24) is 19.4 Å². The Morgan fingerprint density at radius 1 is 1.11 bits per heavy atom. The van der Waals surface area contributed by atoms with Crippen molar-refractivity contribution in [2.24, 2.45) is 0 Å². The molecule has 0 spiro atoms. The Balaban J connectivity index is 1.84. The lowest BCUT2D eigenvalue weighted by Crippen LogP contribution is -2.01. The van der Waals surface area contributed by atoms with E-state index in [9.17, 15) is 0 Å². The molecule has 0 saturated heterocycles. The van der Waals surface area contributed by atoms with Crippen LogP contribution in [0.25, 0.3) is 38.2 Å². The molecule has 0 N–H and O–H groups in total. The monoisotopic (exact) mass is 383 g/mol. The van der Waals surface area contributed by atoms with E-state index in [2.05, 4.69) is 34.2 Å². The van der Waals surface area contributed by atoms with Gasteiger partial charge in [-0.15, -0.1) is 11.3 Å². The summed E-state index contributed by atoms with van der Waals surface area (Å²) >= 11 is 1.61. The third kappa shape index (κ3) is 2.51. The molecular weight excluding hydrogens is 370 g/mol. The summed E-state index contributed by atoms with van der Waals surface area (Å²) in [6.07, 6.45) is 3.49. The summed E-state index contributed by atoms with van der Waals surface area (Å²) in [5.74, 6) is 0.496. The average Bonchev–Trinajstić information content (AvgIpc) is 3.41. The zero-order valence-corrected chi connectivity index (χ0v) is 15.6. The smallest absolute Gasteiger partial charge is 0.240 e. The Morgan fingerprint density at radius 3 is 2.71 bits per heavy atom. The molecule has 0 aliphatic rings. The van der Waals surface area contributed by atoms with Gasteiger partial charge in [-0.2, -0.15) is 5.26 Å². The Kier molecular flexibility index (Phi) is 3.78. The topological polar surface area (TPSA) is 76.1 Å². The van der Waals surface area contributed by atoms with Gasteiger partial charge in [-0.1, -0.05) is 18.2 Å². The van der Waals surface area contributed by atoms with Crippen LogP contribution in [0.15, 0.2) is 60.5 Å². The molecule has 0 aliphatic carbocycles. The number of hydrogen-bond donors (Lipinski definition) is 0. The van der Waals surface area contributed by atoms with Crippen molar-refractivity contribution < 1.29 is 4.74 Å². The SMILES string of the molecule is COc1nc(-c2ccc(C#N)cc2)c(-c2ccc3scnc3c2)n2cncc12. The van der Waals surface area contributed by atoms with Crippen LogP contribution < -0.4 is 4.74 Å². The normalized spacial score (nSPS) is 11.0. The molecule has 0 fully saturated rings. The molecule has 28 heavy (non-hydrogen) atoms. The lowest BCUT2D eigenvalue weighted by Gasteiger charge is -2.14. The maximum atomic E-state index is 9.10. The van der Waals surface area contributed by atoms with Gasteiger partial charge in [0.25, 0.3) is 0 Å². The first kappa shape index (κ1) is 16.4. The number of imidazole rings is 1. The van der Waals surface area contributed by atoms with Crippen LogP contribution in [0.3, 0.4) is 0 Å². The summed E-state index contributed by atoms with van der Waals surface area (Å²) in [5, 5.41) is 9.10. The first-order chi connectivity index (χ1) is 13.8. The summed E-state index contributed by atoms with van der Waals surface area (Å²) in [6, 6.07) is 15.7. The highest BCUT2D eigenvalue weighted by Crippen LogP contribution is 2.36. The van der Waals surface area contributed by atoms with Gasteiger partial charge < -0.3 is 4.74 Å². The number of rotatable bonds is 3. The minimum atomic E-state index is 0.496. The second-order valence-electron chi connectivity index (χ2n) is 6.19. The van der Waals surface area contributed by atoms with Crippen molar-refractivity contribution in [2.45, 2.75) is 0 Å². The molecule has 6 nitrogen and oxygen atoms in total. The summed E-state index contributed by atoms with van der Waals surface area (Å²) in [5.41, 5.74) is 7.69. The zero-order chi connectivity index (χ0) is 19.1. The molecule has 5 aromatic rings. The van der Waals surface area contributed by atoms with E-state index in [-0.39, 0.29) is 0 Å². The minimum Gasteiger partial charge on any atom is -0.479 e. The number of ether oxygens (including phenoxy) is 1. The summed E-state index contributed by atoms with van der Waals surface area (Å²) in [6.45, 7) is 0. The lowest BCUT2D eigenvalue weighted by atomic mass is 10.0. The van der Waals surface area contributed by atoms with Gasteiger partial charge in [0.05, 0.1) is 58.4 Å². The molecular formula is C21H13N5OS. The number of hydrogen-bond acceptors (Lipinski definition) is 6. The number of methoxy groups -OCH3 is 1. The molecule has 0 amide bonds. The van der Waals surface area contributed by atoms with E-state index in [1.54, 1.807) is 43.1 Å². The molecule has 0 unspecified atom stereocenters. The number of thiazole rings is 1. The number of aromatic nitrogens is 4. The van der Waals surface area contributed by atoms with Crippen molar-refractivity contribution in [3.05, 3.63) is 66.1 Å². The predicted octanol–water partition coefficient (Wildman–Crippen LogP) is 4.55. The van der Waals surface area contributed by atoms with Crippen LogP contribution in [-0.4, -0.2) is 26.5 Å². The van der Waals surface area contributed by atoms with E-state index in [1.807, 2.05) is 22.0 Å². The third-order valence-corrected chi connectivity index (χ3v) is 5.43. The summed E-state index contributed by atoms with van der Waals surface area (Å²) in [4.78, 5) is 13.5. The van der Waals surface area contributed by atoms with Gasteiger partial charge in [-0.25, -0.2) is 15.0 Å². The van der Waals surface area contributed by atoms with Crippen LogP contribution in [0.1, 0.15) is 5.56 Å². The van der Waals surface area contributed by atoms with Crippen molar-refractivity contribution in [1.29, 1.82) is 5.26 Å². The van der Waals surface area contributed by atoms with Crippen LogP contribution in [-0.2, 0) is 0 Å². The first-order valence-corrected chi connectivity index (χ1v) is 9.40. The van der Waals surface area contributed by atoms with Crippen molar-refractivity contribution in [3.8, 4) is 34.5 Å². The second kappa shape index (κ2) is 6.44. The number of benzene rings is 2. The fourth-order valence-electron chi connectivity index (χ4n) is 3.29. The summed E-state index contributed by atoms with van der Waals surface area (Å²) in [7, 11) is 1.60. The van der Waals surface area contributed by atoms with Crippen LogP contribution >= 0.6 is 11.3 Å². The molecule has 3 aromatic heterocycles. The maximum Gasteiger partial charge on any atom is 0.240 e. The number of nitriles is 1. The van der Waals surface area contributed by atoms with Crippen LogP contribution in [0, 0.1) is 11.3 Å². The third-order valence-electron chi connectivity index (χ3n) is 4.62. The lowest BCUT2D eigenvalue weighted by molar-refractivity contribution is 0.402. The fourth-order valence-corrected chi connectivity index (χ4v) is 3.95. The van der Waals surface area contributed by atoms with Gasteiger partial charge >= 0.3 is 0 Å².